The summed E-state index contributed by atoms with van der Waals surface area (Å²) in [6, 6.07) is 16.4. The van der Waals surface area contributed by atoms with Crippen LogP contribution in [-0.2, 0) is 13.0 Å². The van der Waals surface area contributed by atoms with Crippen LogP contribution in [0.5, 0.6) is 0 Å². The van der Waals surface area contributed by atoms with Crippen LogP contribution in [0.2, 0.25) is 5.02 Å². The van der Waals surface area contributed by atoms with Gasteiger partial charge in [0, 0.05) is 24.3 Å². The average Bonchev–Trinajstić information content (AvgIpc) is 2.39. The lowest BCUT2D eigenvalue weighted by Gasteiger charge is -2.22. The van der Waals surface area contributed by atoms with Gasteiger partial charge in [-0.05, 0) is 42.3 Å². The van der Waals surface area contributed by atoms with Gasteiger partial charge in [-0.1, -0.05) is 41.9 Å². The molecule has 0 heterocycles. The fourth-order valence-corrected chi connectivity index (χ4v) is 2.46. The monoisotopic (exact) mass is 274 g/mol. The normalized spacial score (nSPS) is 10.5. The minimum Gasteiger partial charge on any atom is -0.370 e. The lowest BCUT2D eigenvalue weighted by molar-refractivity contribution is 0.893. The van der Waals surface area contributed by atoms with Crippen molar-refractivity contribution in [3.8, 4) is 0 Å². The van der Waals surface area contributed by atoms with Gasteiger partial charge in [0.2, 0.25) is 0 Å². The highest BCUT2D eigenvalue weighted by molar-refractivity contribution is 6.30. The summed E-state index contributed by atoms with van der Waals surface area (Å²) in [4.78, 5) is 2.23. The first-order valence-corrected chi connectivity index (χ1v) is 6.82. The van der Waals surface area contributed by atoms with Crippen molar-refractivity contribution in [1.29, 1.82) is 0 Å². The first kappa shape index (κ1) is 13.9. The SMILES string of the molecule is CN(Cc1cccc(Cl)c1)c1ccccc1CCN. The second-order valence-corrected chi connectivity index (χ2v) is 5.09. The van der Waals surface area contributed by atoms with Crippen LogP contribution in [0.25, 0.3) is 0 Å². The van der Waals surface area contributed by atoms with Gasteiger partial charge in [-0.2, -0.15) is 0 Å². The van der Waals surface area contributed by atoms with E-state index in [2.05, 4.69) is 42.3 Å². The molecule has 2 aromatic rings. The number of nitrogens with two attached hydrogens (primary N) is 1. The molecule has 0 radical (unpaired) electrons. The third-order valence-corrected chi connectivity index (χ3v) is 3.36. The zero-order chi connectivity index (χ0) is 13.7. The molecule has 0 atom stereocenters. The molecule has 0 saturated carbocycles. The van der Waals surface area contributed by atoms with Gasteiger partial charge in [-0.25, -0.2) is 0 Å². The molecule has 0 fully saturated rings. The van der Waals surface area contributed by atoms with Crippen LogP contribution in [0.4, 0.5) is 5.69 Å². The summed E-state index contributed by atoms with van der Waals surface area (Å²) in [7, 11) is 2.09. The molecule has 0 spiro atoms. The van der Waals surface area contributed by atoms with Crippen LogP contribution in [0.3, 0.4) is 0 Å². The summed E-state index contributed by atoms with van der Waals surface area (Å²) < 4.78 is 0. The average molecular weight is 275 g/mol. The zero-order valence-electron chi connectivity index (χ0n) is 11.1. The van der Waals surface area contributed by atoms with Gasteiger partial charge in [-0.3, -0.25) is 0 Å². The molecule has 19 heavy (non-hydrogen) atoms. The first-order valence-electron chi connectivity index (χ1n) is 6.44. The number of para-hydroxylation sites is 1. The minimum absolute atomic E-state index is 0.669. The van der Waals surface area contributed by atoms with Gasteiger partial charge < -0.3 is 10.6 Å². The molecular weight excluding hydrogens is 256 g/mol. The van der Waals surface area contributed by atoms with E-state index in [-0.39, 0.29) is 0 Å². The summed E-state index contributed by atoms with van der Waals surface area (Å²) in [6.07, 6.45) is 0.899. The highest BCUT2D eigenvalue weighted by atomic mass is 35.5. The molecule has 0 bridgehead atoms. The van der Waals surface area contributed by atoms with E-state index < -0.39 is 0 Å². The maximum atomic E-state index is 6.02. The molecule has 0 unspecified atom stereocenters. The van der Waals surface area contributed by atoms with Crippen molar-refractivity contribution in [2.75, 3.05) is 18.5 Å². The molecule has 2 rings (SSSR count). The summed E-state index contributed by atoms with van der Waals surface area (Å²) in [5.41, 5.74) is 9.39. The Labute approximate surface area is 119 Å². The van der Waals surface area contributed by atoms with Crippen molar-refractivity contribution in [3.63, 3.8) is 0 Å². The van der Waals surface area contributed by atoms with Crippen LogP contribution in [0, 0.1) is 0 Å². The van der Waals surface area contributed by atoms with Crippen LogP contribution in [0.15, 0.2) is 48.5 Å². The topological polar surface area (TPSA) is 29.3 Å². The zero-order valence-corrected chi connectivity index (χ0v) is 11.9. The number of hydrogen-bond donors (Lipinski definition) is 1. The molecule has 2 aromatic carbocycles. The number of hydrogen-bond acceptors (Lipinski definition) is 2. The molecule has 0 aliphatic carbocycles. The third kappa shape index (κ3) is 3.72. The largest absolute Gasteiger partial charge is 0.370 e. The minimum atomic E-state index is 0.669. The van der Waals surface area contributed by atoms with E-state index in [4.69, 9.17) is 17.3 Å². The van der Waals surface area contributed by atoms with E-state index in [1.165, 1.54) is 16.8 Å². The predicted molar refractivity (Wildman–Crippen MR) is 82.8 cm³/mol. The third-order valence-electron chi connectivity index (χ3n) is 3.13. The summed E-state index contributed by atoms with van der Waals surface area (Å²) in [6.45, 7) is 1.50. The maximum absolute atomic E-state index is 6.02. The van der Waals surface area contributed by atoms with Crippen molar-refractivity contribution < 1.29 is 0 Å². The van der Waals surface area contributed by atoms with Crippen LogP contribution in [0.1, 0.15) is 11.1 Å². The Morgan fingerprint density at radius 1 is 1.11 bits per heavy atom. The second kappa shape index (κ2) is 6.60. The van der Waals surface area contributed by atoms with Gasteiger partial charge in [0.15, 0.2) is 0 Å². The van der Waals surface area contributed by atoms with Gasteiger partial charge in [0.05, 0.1) is 0 Å². The van der Waals surface area contributed by atoms with Crippen LogP contribution < -0.4 is 10.6 Å². The lowest BCUT2D eigenvalue weighted by atomic mass is 10.1. The summed E-state index contributed by atoms with van der Waals surface area (Å²) in [5.74, 6) is 0. The summed E-state index contributed by atoms with van der Waals surface area (Å²) in [5, 5.41) is 0.779. The first-order chi connectivity index (χ1) is 9.20. The Morgan fingerprint density at radius 3 is 2.63 bits per heavy atom. The highest BCUT2D eigenvalue weighted by Crippen LogP contribution is 2.22. The Kier molecular flexibility index (Phi) is 4.83. The van der Waals surface area contributed by atoms with Crippen molar-refractivity contribution >= 4 is 17.3 Å². The van der Waals surface area contributed by atoms with E-state index >= 15 is 0 Å². The van der Waals surface area contributed by atoms with Crippen molar-refractivity contribution in [3.05, 3.63) is 64.7 Å². The Hall–Kier alpha value is -1.51. The molecule has 2 nitrogen and oxygen atoms in total. The van der Waals surface area contributed by atoms with Gasteiger partial charge in [0.1, 0.15) is 0 Å². The number of nitrogens with zero attached hydrogens (tertiary/aromatic N) is 1. The highest BCUT2D eigenvalue weighted by Gasteiger charge is 2.07. The molecule has 0 aromatic heterocycles. The van der Waals surface area contributed by atoms with E-state index in [1.54, 1.807) is 0 Å². The fraction of sp³-hybridized carbons (Fsp3) is 0.250. The number of anilines is 1. The van der Waals surface area contributed by atoms with Crippen LogP contribution in [-0.4, -0.2) is 13.6 Å². The van der Waals surface area contributed by atoms with Crippen LogP contribution >= 0.6 is 11.6 Å². The van der Waals surface area contributed by atoms with Crippen molar-refractivity contribution in [2.24, 2.45) is 5.73 Å². The van der Waals surface area contributed by atoms with E-state index in [9.17, 15) is 0 Å². The number of benzene rings is 2. The van der Waals surface area contributed by atoms with Gasteiger partial charge in [0.25, 0.3) is 0 Å². The second-order valence-electron chi connectivity index (χ2n) is 4.65. The van der Waals surface area contributed by atoms with E-state index in [0.717, 1.165) is 18.0 Å². The molecule has 3 heteroatoms. The van der Waals surface area contributed by atoms with Crippen molar-refractivity contribution in [1.82, 2.24) is 0 Å². The predicted octanol–water partition coefficient (Wildman–Crippen LogP) is 3.48. The lowest BCUT2D eigenvalue weighted by Crippen LogP contribution is -2.18. The van der Waals surface area contributed by atoms with E-state index in [1.807, 2.05) is 18.2 Å². The molecule has 100 valence electrons. The standard InChI is InChI=1S/C16H19ClN2/c1-19(12-13-5-4-7-15(17)11-13)16-8-3-2-6-14(16)9-10-18/h2-8,11H,9-10,12,18H2,1H3. The molecule has 0 aliphatic heterocycles. The smallest absolute Gasteiger partial charge is 0.0426 e. The molecule has 2 N–H and O–H groups in total. The molecule has 0 saturated heterocycles. The number of rotatable bonds is 5. The van der Waals surface area contributed by atoms with Crippen molar-refractivity contribution in [2.45, 2.75) is 13.0 Å². The summed E-state index contributed by atoms with van der Waals surface area (Å²) >= 11 is 6.02. The van der Waals surface area contributed by atoms with Gasteiger partial charge in [-0.15, -0.1) is 0 Å². The Balaban J connectivity index is 2.17. The Morgan fingerprint density at radius 2 is 1.89 bits per heavy atom. The maximum Gasteiger partial charge on any atom is 0.0426 e. The van der Waals surface area contributed by atoms with Gasteiger partial charge >= 0.3 is 0 Å². The molecule has 0 amide bonds. The van der Waals surface area contributed by atoms with E-state index in [0.29, 0.717) is 6.54 Å². The number of halogens is 1. The fourth-order valence-electron chi connectivity index (χ4n) is 2.24. The molecular formula is C16H19ClN2. The molecule has 0 aliphatic rings. The Bertz CT molecular complexity index is 540. The quantitative estimate of drug-likeness (QED) is 0.904.